The molecule has 6 nitrogen and oxygen atoms in total. The molecule has 26 heavy (non-hydrogen) atoms. The van der Waals surface area contributed by atoms with Crippen LogP contribution in [-0.4, -0.2) is 66.1 Å². The summed E-state index contributed by atoms with van der Waals surface area (Å²) in [6.07, 6.45) is 1.52. The van der Waals surface area contributed by atoms with Crippen molar-refractivity contribution >= 4 is 16.8 Å². The molecule has 138 valence electrons. The second-order valence-electron chi connectivity index (χ2n) is 7.27. The number of rotatable bonds is 1. The minimum absolute atomic E-state index is 0.0778. The number of likely N-dealkylation sites (tertiary alicyclic amines) is 1. The average Bonchev–Trinajstić information content (AvgIpc) is 2.62. The zero-order valence-electron chi connectivity index (χ0n) is 14.8. The number of benzene rings is 1. The van der Waals surface area contributed by atoms with Gasteiger partial charge in [0.25, 0.3) is 5.91 Å². The number of halogens is 1. The Bertz CT molecular complexity index is 903. The molecule has 0 bridgehead atoms. The first-order valence-electron chi connectivity index (χ1n) is 8.91. The van der Waals surface area contributed by atoms with E-state index in [9.17, 15) is 14.0 Å². The summed E-state index contributed by atoms with van der Waals surface area (Å²) in [6, 6.07) is 5.57. The maximum atomic E-state index is 14.0. The lowest BCUT2D eigenvalue weighted by Gasteiger charge is -2.46. The van der Waals surface area contributed by atoms with Crippen LogP contribution >= 0.6 is 0 Å². The van der Waals surface area contributed by atoms with Gasteiger partial charge in [-0.15, -0.1) is 0 Å². The number of nitrogens with zero attached hydrogens (tertiary/aromatic N) is 2. The Hall–Kier alpha value is -2.25. The Kier molecular flexibility index (Phi) is 4.28. The first-order valence-corrected chi connectivity index (χ1v) is 8.91. The van der Waals surface area contributed by atoms with Gasteiger partial charge in [0.2, 0.25) is 0 Å². The summed E-state index contributed by atoms with van der Waals surface area (Å²) >= 11 is 0. The van der Waals surface area contributed by atoms with Gasteiger partial charge < -0.3 is 19.5 Å². The number of morpholine rings is 1. The molecule has 0 aliphatic carbocycles. The van der Waals surface area contributed by atoms with Crippen molar-refractivity contribution in [3.05, 3.63) is 46.0 Å². The summed E-state index contributed by atoms with van der Waals surface area (Å²) in [5.74, 6) is -0.809. The molecule has 0 unspecified atom stereocenters. The third-order valence-electron chi connectivity index (χ3n) is 5.45. The topological polar surface area (TPSA) is 65.6 Å². The summed E-state index contributed by atoms with van der Waals surface area (Å²) < 4.78 is 20.0. The molecule has 7 heteroatoms. The lowest BCUT2D eigenvalue weighted by atomic mass is 9.89. The molecular formula is C19H22FN3O3. The number of aromatic nitrogens is 1. The van der Waals surface area contributed by atoms with Gasteiger partial charge in [-0.3, -0.25) is 9.59 Å². The van der Waals surface area contributed by atoms with E-state index >= 15 is 0 Å². The molecule has 2 aliphatic rings. The number of H-pyrrole nitrogens is 1. The van der Waals surface area contributed by atoms with Crippen LogP contribution in [-0.2, 0) is 4.74 Å². The lowest BCUT2D eigenvalue weighted by molar-refractivity contribution is -0.127. The lowest BCUT2D eigenvalue weighted by Crippen LogP contribution is -2.56. The Balaban J connectivity index is 1.55. The van der Waals surface area contributed by atoms with Gasteiger partial charge in [0, 0.05) is 37.6 Å². The number of fused-ring (bicyclic) bond motifs is 1. The van der Waals surface area contributed by atoms with E-state index in [0.717, 1.165) is 25.9 Å². The number of likely N-dealkylation sites (N-methyl/N-ethyl adjacent to an activating group) is 1. The second kappa shape index (κ2) is 6.48. The summed E-state index contributed by atoms with van der Waals surface area (Å²) in [5.41, 5.74) is -0.334. The zero-order valence-corrected chi connectivity index (χ0v) is 14.8. The first kappa shape index (κ1) is 17.2. The van der Waals surface area contributed by atoms with Gasteiger partial charge in [0.05, 0.1) is 17.7 Å². The molecule has 2 saturated heterocycles. The van der Waals surface area contributed by atoms with Crippen molar-refractivity contribution in [1.82, 2.24) is 14.8 Å². The van der Waals surface area contributed by atoms with Crippen LogP contribution in [0.3, 0.4) is 0 Å². The van der Waals surface area contributed by atoms with Crippen LogP contribution in [0.5, 0.6) is 0 Å². The Morgan fingerprint density at radius 3 is 2.77 bits per heavy atom. The summed E-state index contributed by atoms with van der Waals surface area (Å²) in [5, 5.41) is 0.248. The monoisotopic (exact) mass is 359 g/mol. The number of nitrogens with one attached hydrogen (secondary N) is 1. The van der Waals surface area contributed by atoms with Crippen LogP contribution in [0.25, 0.3) is 10.9 Å². The van der Waals surface area contributed by atoms with E-state index in [1.807, 2.05) is 0 Å². The average molecular weight is 359 g/mol. The summed E-state index contributed by atoms with van der Waals surface area (Å²) in [7, 11) is 2.08. The number of piperidine rings is 1. The number of carbonyl (C=O) groups excluding carboxylic acids is 1. The van der Waals surface area contributed by atoms with E-state index in [1.54, 1.807) is 11.0 Å². The molecule has 1 aromatic carbocycles. The van der Waals surface area contributed by atoms with Crippen molar-refractivity contribution in [2.75, 3.05) is 39.8 Å². The highest BCUT2D eigenvalue weighted by Gasteiger charge is 2.40. The number of aromatic amines is 1. The van der Waals surface area contributed by atoms with E-state index in [0.29, 0.717) is 19.7 Å². The number of amides is 1. The largest absolute Gasteiger partial charge is 0.372 e. The van der Waals surface area contributed by atoms with Gasteiger partial charge in [-0.05, 0) is 32.0 Å². The number of hydrogen-bond donors (Lipinski definition) is 1. The van der Waals surface area contributed by atoms with Crippen LogP contribution in [0, 0.1) is 5.82 Å². The second-order valence-corrected chi connectivity index (χ2v) is 7.27. The zero-order chi connectivity index (χ0) is 18.3. The van der Waals surface area contributed by atoms with Gasteiger partial charge in [0.15, 0.2) is 5.43 Å². The number of para-hydroxylation sites is 1. The molecule has 0 atom stereocenters. The molecule has 0 radical (unpaired) electrons. The molecule has 2 fully saturated rings. The van der Waals surface area contributed by atoms with Crippen molar-refractivity contribution in [3.8, 4) is 0 Å². The van der Waals surface area contributed by atoms with Crippen LogP contribution in [0.15, 0.2) is 29.1 Å². The Morgan fingerprint density at radius 1 is 1.27 bits per heavy atom. The van der Waals surface area contributed by atoms with Crippen molar-refractivity contribution in [2.45, 2.75) is 18.4 Å². The first-order chi connectivity index (χ1) is 12.5. The number of ether oxygens (including phenoxy) is 1. The van der Waals surface area contributed by atoms with Gasteiger partial charge in [0.1, 0.15) is 11.5 Å². The van der Waals surface area contributed by atoms with E-state index < -0.39 is 5.82 Å². The van der Waals surface area contributed by atoms with Gasteiger partial charge in [-0.25, -0.2) is 4.39 Å². The van der Waals surface area contributed by atoms with Gasteiger partial charge >= 0.3 is 0 Å². The van der Waals surface area contributed by atoms with Crippen LogP contribution < -0.4 is 5.43 Å². The highest BCUT2D eigenvalue weighted by molar-refractivity contribution is 5.95. The standard InChI is InChI=1S/C19H22FN3O3/c1-22-9-10-26-19(12-22)5-7-23(8-6-19)18(25)15-11-16(24)13-3-2-4-14(20)17(13)21-15/h2-4,11H,5-10,12H2,1H3,(H,21,24). The van der Waals surface area contributed by atoms with Crippen molar-refractivity contribution in [3.63, 3.8) is 0 Å². The van der Waals surface area contributed by atoms with Crippen LogP contribution in [0.1, 0.15) is 23.3 Å². The molecule has 2 aromatic rings. The predicted molar refractivity (Wildman–Crippen MR) is 95.8 cm³/mol. The Morgan fingerprint density at radius 2 is 2.04 bits per heavy atom. The number of carbonyl (C=O) groups is 1. The molecule has 3 heterocycles. The van der Waals surface area contributed by atoms with Crippen LogP contribution in [0.2, 0.25) is 0 Å². The normalized spacial score (nSPS) is 20.6. The molecule has 1 spiro atoms. The fraction of sp³-hybridized carbons (Fsp3) is 0.474. The van der Waals surface area contributed by atoms with Gasteiger partial charge in [-0.2, -0.15) is 0 Å². The van der Waals surface area contributed by atoms with E-state index in [2.05, 4.69) is 16.9 Å². The maximum Gasteiger partial charge on any atom is 0.270 e. The Labute approximate surface area is 150 Å². The highest BCUT2D eigenvalue weighted by atomic mass is 19.1. The smallest absolute Gasteiger partial charge is 0.270 e. The fourth-order valence-electron chi connectivity index (χ4n) is 3.98. The predicted octanol–water partition coefficient (Wildman–Crippen LogP) is 1.60. The molecule has 2 aliphatic heterocycles. The summed E-state index contributed by atoms with van der Waals surface area (Å²) in [6.45, 7) is 3.62. The highest BCUT2D eigenvalue weighted by Crippen LogP contribution is 2.30. The maximum absolute atomic E-state index is 14.0. The van der Waals surface area contributed by atoms with Gasteiger partial charge in [-0.1, -0.05) is 6.07 Å². The molecule has 1 amide bonds. The number of pyridine rings is 1. The van der Waals surface area contributed by atoms with Crippen molar-refractivity contribution < 1.29 is 13.9 Å². The molecule has 0 saturated carbocycles. The quantitative estimate of drug-likeness (QED) is 0.840. The molecule has 1 aromatic heterocycles. The van der Waals surface area contributed by atoms with Crippen LogP contribution in [0.4, 0.5) is 4.39 Å². The fourth-order valence-corrected chi connectivity index (χ4v) is 3.98. The third kappa shape index (κ3) is 3.01. The third-order valence-corrected chi connectivity index (χ3v) is 5.45. The van der Waals surface area contributed by atoms with Crippen molar-refractivity contribution in [1.29, 1.82) is 0 Å². The molecule has 4 rings (SSSR count). The van der Waals surface area contributed by atoms with Crippen molar-refractivity contribution in [2.24, 2.45) is 0 Å². The molecule has 1 N–H and O–H groups in total. The number of hydrogen-bond acceptors (Lipinski definition) is 4. The van der Waals surface area contributed by atoms with E-state index in [1.165, 1.54) is 18.2 Å². The van der Waals surface area contributed by atoms with E-state index in [-0.39, 0.29) is 33.5 Å². The minimum atomic E-state index is -0.537. The molecular weight excluding hydrogens is 337 g/mol. The van der Waals surface area contributed by atoms with E-state index in [4.69, 9.17) is 4.74 Å². The summed E-state index contributed by atoms with van der Waals surface area (Å²) in [4.78, 5) is 31.8. The minimum Gasteiger partial charge on any atom is -0.372 e. The SMILES string of the molecule is CN1CCOC2(CCN(C(=O)c3cc(=O)c4cccc(F)c4[nH]3)CC2)C1.